The number of rotatable bonds is 4. The van der Waals surface area contributed by atoms with Gasteiger partial charge in [-0.15, -0.1) is 11.3 Å². The second-order valence-corrected chi connectivity index (χ2v) is 7.70. The molecule has 0 amide bonds. The van der Waals surface area contributed by atoms with Crippen LogP contribution >= 0.6 is 23.1 Å². The van der Waals surface area contributed by atoms with Crippen molar-refractivity contribution in [1.29, 1.82) is 0 Å². The minimum atomic E-state index is -1.26. The molecule has 0 saturated heterocycles. The van der Waals surface area contributed by atoms with E-state index in [4.69, 9.17) is 10.2 Å². The van der Waals surface area contributed by atoms with Crippen molar-refractivity contribution in [2.24, 2.45) is 4.99 Å². The van der Waals surface area contributed by atoms with Crippen LogP contribution in [0.15, 0.2) is 51.7 Å². The molecule has 0 bridgehead atoms. The van der Waals surface area contributed by atoms with Gasteiger partial charge in [0.25, 0.3) is 0 Å². The van der Waals surface area contributed by atoms with Crippen LogP contribution in [0.25, 0.3) is 15.8 Å². The van der Waals surface area contributed by atoms with Crippen LogP contribution in [-0.4, -0.2) is 45.3 Å². The van der Waals surface area contributed by atoms with E-state index in [0.717, 1.165) is 19.5 Å². The van der Waals surface area contributed by atoms with Crippen LogP contribution in [0.1, 0.15) is 18.9 Å². The quantitative estimate of drug-likeness (QED) is 0.748. The third-order valence-electron chi connectivity index (χ3n) is 3.99. The molecule has 3 heterocycles. The molecule has 0 spiro atoms. The summed E-state index contributed by atoms with van der Waals surface area (Å²) in [4.78, 5) is 27.6. The van der Waals surface area contributed by atoms with Crippen molar-refractivity contribution in [3.05, 3.63) is 52.3 Å². The summed E-state index contributed by atoms with van der Waals surface area (Å²) in [5, 5.41) is 20.4. The number of aliphatic carboxylic acids is 2. The van der Waals surface area contributed by atoms with Gasteiger partial charge in [-0.25, -0.2) is 9.59 Å². The third-order valence-corrected chi connectivity index (χ3v) is 6.13. The Morgan fingerprint density at radius 1 is 1.22 bits per heavy atom. The summed E-state index contributed by atoms with van der Waals surface area (Å²) in [7, 11) is 0. The lowest BCUT2D eigenvalue weighted by molar-refractivity contribution is -0.134. The van der Waals surface area contributed by atoms with E-state index in [-0.39, 0.29) is 0 Å². The third kappa shape index (κ3) is 4.23. The maximum Gasteiger partial charge on any atom is 0.328 e. The van der Waals surface area contributed by atoms with Crippen molar-refractivity contribution in [3.63, 3.8) is 0 Å². The van der Waals surface area contributed by atoms with Gasteiger partial charge in [-0.05, 0) is 23.9 Å². The molecule has 0 saturated carbocycles. The average Bonchev–Trinajstić information content (AvgIpc) is 3.35. The van der Waals surface area contributed by atoms with Gasteiger partial charge in [0, 0.05) is 39.3 Å². The number of allylic oxidation sites excluding steroid dienone is 1. The summed E-state index contributed by atoms with van der Waals surface area (Å²) in [5.41, 5.74) is 2.77. The number of benzene rings is 1. The summed E-state index contributed by atoms with van der Waals surface area (Å²) < 4.78 is 1.37. The Morgan fingerprint density at radius 2 is 1.96 bits per heavy atom. The van der Waals surface area contributed by atoms with Crippen LogP contribution in [-0.2, 0) is 9.59 Å². The molecule has 0 atom stereocenters. The summed E-state index contributed by atoms with van der Waals surface area (Å²) in [6, 6.07) is 8.87. The van der Waals surface area contributed by atoms with E-state index in [2.05, 4.69) is 46.5 Å². The molecule has 0 radical (unpaired) electrons. The topological polar surface area (TPSA) is 90.2 Å². The Bertz CT molecular complexity index is 959. The lowest BCUT2D eigenvalue weighted by atomic mass is 10.1. The van der Waals surface area contributed by atoms with Gasteiger partial charge in [0.15, 0.2) is 5.17 Å². The number of carbonyl (C=O) groups is 2. The minimum Gasteiger partial charge on any atom is -0.478 e. The number of nitrogens with zero attached hydrogens (tertiary/aromatic N) is 2. The van der Waals surface area contributed by atoms with E-state index in [1.54, 1.807) is 0 Å². The Kier molecular flexibility index (Phi) is 5.98. The highest BCUT2D eigenvalue weighted by atomic mass is 32.2. The molecule has 1 aromatic heterocycles. The maximum absolute atomic E-state index is 9.55. The molecule has 0 aliphatic carbocycles. The number of amidine groups is 1. The van der Waals surface area contributed by atoms with Crippen molar-refractivity contribution in [2.45, 2.75) is 13.3 Å². The van der Waals surface area contributed by atoms with E-state index < -0.39 is 11.9 Å². The number of hydrogen-bond donors (Lipinski definition) is 2. The summed E-state index contributed by atoms with van der Waals surface area (Å²) in [6.45, 7) is 4.20. The number of carboxylic acid groups (broad SMARTS) is 2. The van der Waals surface area contributed by atoms with E-state index >= 15 is 0 Å². The second-order valence-electron chi connectivity index (χ2n) is 5.69. The van der Waals surface area contributed by atoms with Crippen molar-refractivity contribution in [2.75, 3.05) is 13.1 Å². The molecule has 6 nitrogen and oxygen atoms in total. The van der Waals surface area contributed by atoms with Gasteiger partial charge in [0.05, 0.1) is 12.2 Å². The van der Waals surface area contributed by atoms with E-state index in [1.807, 2.05) is 23.1 Å². The molecule has 0 unspecified atom stereocenters. The zero-order chi connectivity index (χ0) is 19.4. The van der Waals surface area contributed by atoms with Crippen LogP contribution in [0.5, 0.6) is 0 Å². The van der Waals surface area contributed by atoms with Crippen molar-refractivity contribution >= 4 is 56.0 Å². The number of thiophene rings is 1. The standard InChI is InChI=1S/C15H14N2S2.C4H4O4/c1-2-12-14(17-8-7-16-15(17)19-12)11-4-3-5-13-10(11)6-9-18-13;5-3(6)1-2-4(7)8/h3-6,9H,2,7-8H2,1H3;1-2H,(H,5,6)(H,7,8). The van der Waals surface area contributed by atoms with Crippen LogP contribution in [0.3, 0.4) is 0 Å². The number of fused-ring (bicyclic) bond motifs is 2. The van der Waals surface area contributed by atoms with Gasteiger partial charge >= 0.3 is 11.9 Å². The Hall–Kier alpha value is -2.58. The maximum atomic E-state index is 9.55. The van der Waals surface area contributed by atoms with E-state index in [1.165, 1.54) is 31.4 Å². The van der Waals surface area contributed by atoms with Crippen LogP contribution in [0.2, 0.25) is 0 Å². The Morgan fingerprint density at radius 3 is 2.63 bits per heavy atom. The first-order valence-electron chi connectivity index (χ1n) is 8.34. The van der Waals surface area contributed by atoms with E-state index in [9.17, 15) is 9.59 Å². The lowest BCUT2D eigenvalue weighted by Gasteiger charge is -2.18. The first-order chi connectivity index (χ1) is 13.0. The molecule has 2 aromatic rings. The van der Waals surface area contributed by atoms with Crippen molar-refractivity contribution in [3.8, 4) is 0 Å². The Labute approximate surface area is 164 Å². The summed E-state index contributed by atoms with van der Waals surface area (Å²) in [5.74, 6) is -2.51. The average molecular weight is 402 g/mol. The highest BCUT2D eigenvalue weighted by Gasteiger charge is 2.32. The number of hydrogen-bond acceptors (Lipinski definition) is 6. The molecule has 140 valence electrons. The second kappa shape index (κ2) is 8.41. The minimum absolute atomic E-state index is 0.558. The van der Waals surface area contributed by atoms with Crippen molar-refractivity contribution in [1.82, 2.24) is 4.90 Å². The van der Waals surface area contributed by atoms with Gasteiger partial charge in [-0.2, -0.15) is 0 Å². The number of carboxylic acids is 2. The monoisotopic (exact) mass is 402 g/mol. The smallest absolute Gasteiger partial charge is 0.328 e. The number of aliphatic imine (C=N–C) groups is 1. The van der Waals surface area contributed by atoms with Gasteiger partial charge in [-0.1, -0.05) is 30.8 Å². The molecule has 1 aromatic carbocycles. The molecule has 4 rings (SSSR count). The molecule has 8 heteroatoms. The predicted molar refractivity (Wildman–Crippen MR) is 110 cm³/mol. The molecule has 27 heavy (non-hydrogen) atoms. The van der Waals surface area contributed by atoms with Crippen LogP contribution in [0.4, 0.5) is 0 Å². The highest BCUT2D eigenvalue weighted by molar-refractivity contribution is 8.17. The fourth-order valence-corrected chi connectivity index (χ4v) is 4.85. The Balaban J connectivity index is 0.000000226. The van der Waals surface area contributed by atoms with E-state index in [0.29, 0.717) is 12.2 Å². The lowest BCUT2D eigenvalue weighted by Crippen LogP contribution is -2.20. The highest BCUT2D eigenvalue weighted by Crippen LogP contribution is 2.45. The normalized spacial score (nSPS) is 15.7. The first kappa shape index (κ1) is 19.2. The van der Waals surface area contributed by atoms with Gasteiger partial charge in [-0.3, -0.25) is 4.99 Å². The molecular weight excluding hydrogens is 384 g/mol. The predicted octanol–water partition coefficient (Wildman–Crippen LogP) is 4.11. The van der Waals surface area contributed by atoms with Gasteiger partial charge in [0.1, 0.15) is 0 Å². The zero-order valence-electron chi connectivity index (χ0n) is 14.6. The van der Waals surface area contributed by atoms with Crippen molar-refractivity contribution < 1.29 is 19.8 Å². The van der Waals surface area contributed by atoms with Crippen LogP contribution in [0, 0.1) is 0 Å². The first-order valence-corrected chi connectivity index (χ1v) is 10.0. The molecular formula is C19H18N2O4S2. The largest absolute Gasteiger partial charge is 0.478 e. The van der Waals surface area contributed by atoms with Crippen LogP contribution < -0.4 is 0 Å². The fourth-order valence-electron chi connectivity index (χ4n) is 2.91. The molecule has 2 aliphatic heterocycles. The molecule has 0 fully saturated rings. The molecule has 2 N–H and O–H groups in total. The number of thioether (sulfide) groups is 1. The molecule has 2 aliphatic rings. The summed E-state index contributed by atoms with van der Waals surface area (Å²) in [6.07, 6.45) is 2.20. The van der Waals surface area contributed by atoms with Gasteiger partial charge < -0.3 is 15.1 Å². The zero-order valence-corrected chi connectivity index (χ0v) is 16.2. The SMILES string of the molecule is CCC1=C(c2cccc3sccc23)N2CCN=C2S1.O=C(O)C=CC(=O)O. The van der Waals surface area contributed by atoms with Gasteiger partial charge in [0.2, 0.25) is 0 Å². The summed E-state index contributed by atoms with van der Waals surface area (Å²) >= 11 is 3.67. The fraction of sp³-hybridized carbons (Fsp3) is 0.211.